The van der Waals surface area contributed by atoms with E-state index < -0.39 is 0 Å². The summed E-state index contributed by atoms with van der Waals surface area (Å²) in [6.07, 6.45) is 2.48. The average molecular weight is 469 g/mol. The Balaban J connectivity index is 1.30. The predicted molar refractivity (Wildman–Crippen MR) is 133 cm³/mol. The van der Waals surface area contributed by atoms with Crippen LogP contribution in [0.25, 0.3) is 0 Å². The minimum Gasteiger partial charge on any atom is -0.383 e. The van der Waals surface area contributed by atoms with Crippen LogP contribution in [0.1, 0.15) is 12.0 Å². The van der Waals surface area contributed by atoms with E-state index in [0.717, 1.165) is 50.4 Å². The molecule has 1 aromatic heterocycles. The zero-order valence-corrected chi connectivity index (χ0v) is 20.5. The van der Waals surface area contributed by atoms with E-state index in [0.29, 0.717) is 26.2 Å². The van der Waals surface area contributed by atoms with Gasteiger partial charge < -0.3 is 24.3 Å². The molecule has 4 rings (SSSR count). The molecule has 3 heterocycles. The standard InChI is InChI=1S/C25H36N6O3/c1-27-10-12-29(13-11-27)22-6-4-20(5-7-22)18-28(2)25(33)21-8-9-30(19-21)23-16-24(32)31(26-17-23)14-15-34-3/h4-7,16-17,21H,8-15,18-19H2,1-3H3. The lowest BCUT2D eigenvalue weighted by Gasteiger charge is -2.34. The van der Waals surface area contributed by atoms with Gasteiger partial charge >= 0.3 is 0 Å². The van der Waals surface area contributed by atoms with Crippen LogP contribution in [-0.2, 0) is 22.6 Å². The van der Waals surface area contributed by atoms with Gasteiger partial charge in [0.1, 0.15) is 0 Å². The second-order valence-corrected chi connectivity index (χ2v) is 9.35. The number of likely N-dealkylation sites (N-methyl/N-ethyl adjacent to an activating group) is 1. The third-order valence-electron chi connectivity index (χ3n) is 6.87. The Morgan fingerprint density at radius 3 is 2.50 bits per heavy atom. The fraction of sp³-hybridized carbons (Fsp3) is 0.560. The number of carbonyl (C=O) groups is 1. The van der Waals surface area contributed by atoms with Crippen molar-refractivity contribution < 1.29 is 9.53 Å². The van der Waals surface area contributed by atoms with E-state index in [-0.39, 0.29) is 17.4 Å². The molecule has 184 valence electrons. The van der Waals surface area contributed by atoms with Gasteiger partial charge in [-0.1, -0.05) is 12.1 Å². The predicted octanol–water partition coefficient (Wildman–Crippen LogP) is 1.13. The second-order valence-electron chi connectivity index (χ2n) is 9.35. The number of hydrogen-bond donors (Lipinski definition) is 0. The molecule has 0 bridgehead atoms. The number of amides is 1. The van der Waals surface area contributed by atoms with E-state index in [1.54, 1.807) is 19.4 Å². The van der Waals surface area contributed by atoms with Gasteiger partial charge in [0.25, 0.3) is 5.56 Å². The second kappa shape index (κ2) is 11.0. The van der Waals surface area contributed by atoms with Gasteiger partial charge in [-0.2, -0.15) is 5.10 Å². The number of rotatable bonds is 8. The first kappa shape index (κ1) is 24.2. The normalized spacial score (nSPS) is 19.0. The van der Waals surface area contributed by atoms with Crippen molar-refractivity contribution in [3.05, 3.63) is 52.4 Å². The Morgan fingerprint density at radius 1 is 1.09 bits per heavy atom. The molecule has 1 aromatic carbocycles. The highest BCUT2D eigenvalue weighted by Crippen LogP contribution is 2.24. The molecule has 2 aliphatic heterocycles. The Hall–Kier alpha value is -2.91. The molecule has 2 aliphatic rings. The minimum absolute atomic E-state index is 0.0782. The Kier molecular flexibility index (Phi) is 7.84. The molecular formula is C25H36N6O3. The molecule has 0 saturated carbocycles. The first-order chi connectivity index (χ1) is 16.4. The summed E-state index contributed by atoms with van der Waals surface area (Å²) < 4.78 is 6.41. The molecule has 1 amide bonds. The van der Waals surface area contributed by atoms with Crippen LogP contribution in [0, 0.1) is 5.92 Å². The van der Waals surface area contributed by atoms with Crippen LogP contribution in [0.3, 0.4) is 0 Å². The zero-order valence-electron chi connectivity index (χ0n) is 20.5. The van der Waals surface area contributed by atoms with Gasteiger partial charge in [0.2, 0.25) is 5.91 Å². The van der Waals surface area contributed by atoms with E-state index in [9.17, 15) is 9.59 Å². The van der Waals surface area contributed by atoms with E-state index in [1.807, 2.05) is 11.9 Å². The molecule has 0 aliphatic carbocycles. The van der Waals surface area contributed by atoms with Crippen molar-refractivity contribution in [1.29, 1.82) is 0 Å². The summed E-state index contributed by atoms with van der Waals surface area (Å²) >= 11 is 0. The molecular weight excluding hydrogens is 432 g/mol. The third-order valence-corrected chi connectivity index (χ3v) is 6.87. The van der Waals surface area contributed by atoms with Crippen molar-refractivity contribution in [2.24, 2.45) is 5.92 Å². The zero-order chi connectivity index (χ0) is 24.1. The summed E-state index contributed by atoms with van der Waals surface area (Å²) in [4.78, 5) is 34.1. The number of benzene rings is 1. The number of piperazine rings is 1. The maximum atomic E-state index is 13.1. The summed E-state index contributed by atoms with van der Waals surface area (Å²) in [5.74, 6) is 0.0672. The lowest BCUT2D eigenvalue weighted by atomic mass is 10.1. The fourth-order valence-electron chi connectivity index (χ4n) is 4.68. The monoisotopic (exact) mass is 468 g/mol. The van der Waals surface area contributed by atoms with E-state index in [4.69, 9.17) is 4.74 Å². The van der Waals surface area contributed by atoms with Gasteiger partial charge in [-0.15, -0.1) is 0 Å². The smallest absolute Gasteiger partial charge is 0.268 e. The summed E-state index contributed by atoms with van der Waals surface area (Å²) in [7, 11) is 5.63. The number of methoxy groups -OCH3 is 1. The van der Waals surface area contributed by atoms with Crippen LogP contribution in [0.4, 0.5) is 11.4 Å². The summed E-state index contributed by atoms with van der Waals surface area (Å²) in [5.41, 5.74) is 3.00. The number of anilines is 2. The topological polar surface area (TPSA) is 74.2 Å². The molecule has 0 N–H and O–H groups in total. The molecule has 1 atom stereocenters. The van der Waals surface area contributed by atoms with Crippen LogP contribution < -0.4 is 15.4 Å². The van der Waals surface area contributed by atoms with Crippen LogP contribution in [0.15, 0.2) is 41.3 Å². The van der Waals surface area contributed by atoms with Crippen molar-refractivity contribution in [2.75, 3.05) is 76.9 Å². The number of nitrogens with zero attached hydrogens (tertiary/aromatic N) is 6. The van der Waals surface area contributed by atoms with Crippen LogP contribution >= 0.6 is 0 Å². The van der Waals surface area contributed by atoms with E-state index in [1.165, 1.54) is 10.4 Å². The SMILES string of the molecule is COCCn1ncc(N2CCC(C(=O)N(C)Cc3ccc(N4CCN(C)CC4)cc3)C2)cc1=O. The quantitative estimate of drug-likeness (QED) is 0.575. The van der Waals surface area contributed by atoms with E-state index >= 15 is 0 Å². The first-order valence-electron chi connectivity index (χ1n) is 12.0. The third kappa shape index (κ3) is 5.77. The summed E-state index contributed by atoms with van der Waals surface area (Å²) in [6.45, 7) is 7.07. The molecule has 2 fully saturated rings. The molecule has 9 nitrogen and oxygen atoms in total. The van der Waals surface area contributed by atoms with Gasteiger partial charge in [0.15, 0.2) is 0 Å². The molecule has 1 unspecified atom stereocenters. The van der Waals surface area contributed by atoms with Gasteiger partial charge in [-0.05, 0) is 31.2 Å². The molecule has 34 heavy (non-hydrogen) atoms. The minimum atomic E-state index is -0.151. The number of ether oxygens (including phenoxy) is 1. The van der Waals surface area contributed by atoms with Crippen molar-refractivity contribution in [2.45, 2.75) is 19.5 Å². The number of hydrogen-bond acceptors (Lipinski definition) is 7. The molecule has 2 saturated heterocycles. The van der Waals surface area contributed by atoms with Gasteiger partial charge in [-0.3, -0.25) is 9.59 Å². The lowest BCUT2D eigenvalue weighted by Crippen LogP contribution is -2.44. The van der Waals surface area contributed by atoms with Crippen LogP contribution in [0.5, 0.6) is 0 Å². The first-order valence-corrected chi connectivity index (χ1v) is 12.0. The van der Waals surface area contributed by atoms with Crippen molar-refractivity contribution >= 4 is 17.3 Å². The van der Waals surface area contributed by atoms with Crippen LogP contribution in [-0.4, -0.2) is 92.6 Å². The highest BCUT2D eigenvalue weighted by molar-refractivity contribution is 5.80. The highest BCUT2D eigenvalue weighted by Gasteiger charge is 2.31. The van der Waals surface area contributed by atoms with Crippen molar-refractivity contribution in [3.63, 3.8) is 0 Å². The summed E-state index contributed by atoms with van der Waals surface area (Å²) in [5, 5.41) is 4.25. The fourth-order valence-corrected chi connectivity index (χ4v) is 4.68. The molecule has 2 aromatic rings. The van der Waals surface area contributed by atoms with Crippen molar-refractivity contribution in [3.8, 4) is 0 Å². The Morgan fingerprint density at radius 2 is 1.82 bits per heavy atom. The maximum Gasteiger partial charge on any atom is 0.268 e. The van der Waals surface area contributed by atoms with Gasteiger partial charge in [0.05, 0.1) is 31.0 Å². The Labute approximate surface area is 201 Å². The molecule has 0 spiro atoms. The van der Waals surface area contributed by atoms with Gasteiger partial charge in [0, 0.05) is 71.7 Å². The largest absolute Gasteiger partial charge is 0.383 e. The van der Waals surface area contributed by atoms with E-state index in [2.05, 4.69) is 51.1 Å². The number of carbonyl (C=O) groups excluding carboxylic acids is 1. The summed E-state index contributed by atoms with van der Waals surface area (Å²) in [6, 6.07) is 10.2. The van der Waals surface area contributed by atoms with Crippen LogP contribution in [0.2, 0.25) is 0 Å². The highest BCUT2D eigenvalue weighted by atomic mass is 16.5. The maximum absolute atomic E-state index is 13.1. The van der Waals surface area contributed by atoms with Gasteiger partial charge in [-0.25, -0.2) is 4.68 Å². The lowest BCUT2D eigenvalue weighted by molar-refractivity contribution is -0.134. The number of aromatic nitrogens is 2. The molecule has 9 heteroatoms. The van der Waals surface area contributed by atoms with Crippen molar-refractivity contribution in [1.82, 2.24) is 19.6 Å². The molecule has 0 radical (unpaired) electrons. The Bertz CT molecular complexity index is 1020. The average Bonchev–Trinajstić information content (AvgIpc) is 3.34.